The molecule has 1 heterocycles. The highest BCUT2D eigenvalue weighted by Crippen LogP contribution is 2.23. The van der Waals surface area contributed by atoms with Gasteiger partial charge in [-0.15, -0.1) is 4.40 Å². The van der Waals surface area contributed by atoms with Crippen molar-refractivity contribution in [3.05, 3.63) is 24.3 Å². The SMILES string of the molecule is COc1ccc(-c2nsc(S(=O)(=O)N=CN(C)C)n2)cc1. The van der Waals surface area contributed by atoms with Crippen molar-refractivity contribution in [2.75, 3.05) is 21.2 Å². The number of nitrogens with zero attached hydrogens (tertiary/aromatic N) is 4. The minimum Gasteiger partial charge on any atom is -0.497 e. The molecule has 0 saturated carbocycles. The topological polar surface area (TPSA) is 84.8 Å². The van der Waals surface area contributed by atoms with Gasteiger partial charge in [0.1, 0.15) is 12.1 Å². The van der Waals surface area contributed by atoms with Gasteiger partial charge in [-0.25, -0.2) is 4.98 Å². The predicted octanol–water partition coefficient (Wildman–Crippen LogP) is 1.49. The van der Waals surface area contributed by atoms with E-state index >= 15 is 0 Å². The van der Waals surface area contributed by atoms with E-state index in [9.17, 15) is 8.42 Å². The van der Waals surface area contributed by atoms with Crippen molar-refractivity contribution in [3.63, 3.8) is 0 Å². The van der Waals surface area contributed by atoms with E-state index in [4.69, 9.17) is 4.74 Å². The van der Waals surface area contributed by atoms with Gasteiger partial charge < -0.3 is 9.64 Å². The van der Waals surface area contributed by atoms with Crippen LogP contribution >= 0.6 is 11.5 Å². The number of hydrogen-bond donors (Lipinski definition) is 0. The summed E-state index contributed by atoms with van der Waals surface area (Å²) >= 11 is 0.800. The summed E-state index contributed by atoms with van der Waals surface area (Å²) in [6.07, 6.45) is 1.21. The monoisotopic (exact) mass is 326 g/mol. The van der Waals surface area contributed by atoms with Gasteiger partial charge in [-0.3, -0.25) is 0 Å². The highest BCUT2D eigenvalue weighted by molar-refractivity contribution is 7.92. The summed E-state index contributed by atoms with van der Waals surface area (Å²) in [7, 11) is 1.13. The highest BCUT2D eigenvalue weighted by atomic mass is 32.2. The molecule has 2 aromatic rings. The summed E-state index contributed by atoms with van der Waals surface area (Å²) in [6, 6.07) is 7.05. The molecule has 1 aromatic carbocycles. The molecule has 1 aromatic heterocycles. The third-order valence-corrected chi connectivity index (χ3v) is 4.66. The van der Waals surface area contributed by atoms with Gasteiger partial charge in [0.2, 0.25) is 0 Å². The lowest BCUT2D eigenvalue weighted by molar-refractivity contribution is 0.415. The summed E-state index contributed by atoms with van der Waals surface area (Å²) < 4.78 is 36.4. The molecule has 0 aliphatic rings. The Balaban J connectivity index is 2.28. The first-order valence-corrected chi connectivity index (χ1v) is 8.09. The fourth-order valence-electron chi connectivity index (χ4n) is 1.37. The minimum atomic E-state index is -3.81. The molecule has 7 nitrogen and oxygen atoms in total. The average molecular weight is 326 g/mol. The molecule has 9 heteroatoms. The van der Waals surface area contributed by atoms with Crippen LogP contribution in [0.15, 0.2) is 33.0 Å². The summed E-state index contributed by atoms with van der Waals surface area (Å²) in [6.45, 7) is 0. The fraction of sp³-hybridized carbons (Fsp3) is 0.250. The largest absolute Gasteiger partial charge is 0.497 e. The van der Waals surface area contributed by atoms with Crippen LogP contribution < -0.4 is 4.74 Å². The van der Waals surface area contributed by atoms with Crippen molar-refractivity contribution in [3.8, 4) is 17.1 Å². The van der Waals surface area contributed by atoms with Gasteiger partial charge in [-0.05, 0) is 24.3 Å². The number of ether oxygens (including phenoxy) is 1. The number of sulfonamides is 1. The molecule has 0 atom stereocenters. The molecule has 2 rings (SSSR count). The molecular weight excluding hydrogens is 312 g/mol. The zero-order valence-corrected chi connectivity index (χ0v) is 13.3. The summed E-state index contributed by atoms with van der Waals surface area (Å²) in [5, 5.41) is 0. The van der Waals surface area contributed by atoms with Gasteiger partial charge in [0, 0.05) is 31.2 Å². The Labute approximate surface area is 127 Å². The smallest absolute Gasteiger partial charge is 0.312 e. The van der Waals surface area contributed by atoms with Crippen molar-refractivity contribution < 1.29 is 13.2 Å². The molecule has 0 radical (unpaired) electrons. The summed E-state index contributed by atoms with van der Waals surface area (Å²) in [5.74, 6) is 1.05. The quantitative estimate of drug-likeness (QED) is 0.611. The van der Waals surface area contributed by atoms with Crippen LogP contribution in [0.3, 0.4) is 0 Å². The lowest BCUT2D eigenvalue weighted by Gasteiger charge is -2.01. The maximum Gasteiger partial charge on any atom is 0.312 e. The van der Waals surface area contributed by atoms with E-state index < -0.39 is 10.0 Å². The van der Waals surface area contributed by atoms with Crippen LogP contribution in [-0.4, -0.2) is 50.2 Å². The zero-order chi connectivity index (χ0) is 15.5. The van der Waals surface area contributed by atoms with Gasteiger partial charge >= 0.3 is 10.0 Å². The number of rotatable bonds is 5. The van der Waals surface area contributed by atoms with Crippen molar-refractivity contribution in [2.24, 2.45) is 4.40 Å². The molecule has 0 bridgehead atoms. The van der Waals surface area contributed by atoms with E-state index in [1.165, 1.54) is 11.2 Å². The third kappa shape index (κ3) is 3.76. The lowest BCUT2D eigenvalue weighted by Crippen LogP contribution is -2.10. The number of benzene rings is 1. The molecule has 0 fully saturated rings. The van der Waals surface area contributed by atoms with Gasteiger partial charge in [0.15, 0.2) is 5.82 Å². The molecule has 0 unspecified atom stereocenters. The molecule has 0 amide bonds. The predicted molar refractivity (Wildman–Crippen MR) is 81.3 cm³/mol. The van der Waals surface area contributed by atoms with E-state index in [1.54, 1.807) is 45.5 Å². The standard InChI is InChI=1S/C12H14N4O3S2/c1-16(2)8-13-21(17,18)12-14-11(15-20-12)9-4-6-10(19-3)7-5-9/h4-8H,1-3H3. The van der Waals surface area contributed by atoms with Crippen molar-refractivity contribution in [2.45, 2.75) is 4.34 Å². The highest BCUT2D eigenvalue weighted by Gasteiger charge is 2.19. The fourth-order valence-corrected chi connectivity index (χ4v) is 3.03. The summed E-state index contributed by atoms with van der Waals surface area (Å²) in [4.78, 5) is 5.56. The molecule has 0 N–H and O–H groups in total. The molecule has 0 spiro atoms. The van der Waals surface area contributed by atoms with Gasteiger partial charge in [-0.1, -0.05) is 0 Å². The van der Waals surface area contributed by atoms with Gasteiger partial charge in [0.05, 0.1) is 7.11 Å². The second-order valence-corrected chi connectivity index (χ2v) is 6.83. The summed E-state index contributed by atoms with van der Waals surface area (Å²) in [5.41, 5.74) is 0.713. The van der Waals surface area contributed by atoms with Crippen LogP contribution in [0.1, 0.15) is 0 Å². The molecule has 0 saturated heterocycles. The Kier molecular flexibility index (Phi) is 4.53. The molecule has 0 aliphatic carbocycles. The Morgan fingerprint density at radius 2 is 1.95 bits per heavy atom. The second kappa shape index (κ2) is 6.19. The number of hydrogen-bond acceptors (Lipinski definition) is 6. The van der Waals surface area contributed by atoms with E-state index in [0.717, 1.165) is 11.5 Å². The Morgan fingerprint density at radius 3 is 2.52 bits per heavy atom. The van der Waals surface area contributed by atoms with Crippen LogP contribution in [0.4, 0.5) is 0 Å². The maximum absolute atomic E-state index is 11.9. The van der Waals surface area contributed by atoms with Crippen LogP contribution in [0.5, 0.6) is 5.75 Å². The van der Waals surface area contributed by atoms with Crippen LogP contribution in [0.2, 0.25) is 0 Å². The van der Waals surface area contributed by atoms with Crippen LogP contribution in [-0.2, 0) is 10.0 Å². The number of aromatic nitrogens is 2. The van der Waals surface area contributed by atoms with Gasteiger partial charge in [0.25, 0.3) is 4.34 Å². The second-order valence-electron chi connectivity index (χ2n) is 4.27. The Bertz CT molecular complexity index is 736. The molecule has 112 valence electrons. The van der Waals surface area contributed by atoms with Crippen molar-refractivity contribution in [1.29, 1.82) is 0 Å². The van der Waals surface area contributed by atoms with E-state index in [2.05, 4.69) is 13.8 Å². The van der Waals surface area contributed by atoms with E-state index in [1.807, 2.05) is 0 Å². The first-order chi connectivity index (χ1) is 9.92. The van der Waals surface area contributed by atoms with E-state index in [0.29, 0.717) is 17.1 Å². The minimum absolute atomic E-state index is 0.133. The van der Waals surface area contributed by atoms with Gasteiger partial charge in [-0.2, -0.15) is 12.8 Å². The Morgan fingerprint density at radius 1 is 1.29 bits per heavy atom. The lowest BCUT2D eigenvalue weighted by atomic mass is 10.2. The van der Waals surface area contributed by atoms with E-state index in [-0.39, 0.29) is 4.34 Å². The molecule has 0 aliphatic heterocycles. The zero-order valence-electron chi connectivity index (χ0n) is 11.7. The maximum atomic E-state index is 11.9. The molecule has 21 heavy (non-hydrogen) atoms. The first-order valence-electron chi connectivity index (χ1n) is 5.87. The third-order valence-electron chi connectivity index (χ3n) is 2.39. The van der Waals surface area contributed by atoms with Crippen molar-refractivity contribution in [1.82, 2.24) is 14.3 Å². The molecular formula is C12H14N4O3S2. The van der Waals surface area contributed by atoms with Crippen molar-refractivity contribution >= 4 is 27.9 Å². The van der Waals surface area contributed by atoms with Crippen LogP contribution in [0, 0.1) is 0 Å². The average Bonchev–Trinajstić information content (AvgIpc) is 2.96. The number of methoxy groups -OCH3 is 1. The first kappa shape index (κ1) is 15.4. The normalized spacial score (nSPS) is 11.8. The van der Waals surface area contributed by atoms with Crippen LogP contribution in [0.25, 0.3) is 11.4 Å². The Hall–Kier alpha value is -2.00.